The number of thiocarbonyl (C=S) groups is 1. The maximum atomic E-state index is 13.3. The molecule has 0 aliphatic carbocycles. The number of para-hydroxylation sites is 1. The molecule has 9 heteroatoms. The fraction of sp³-hybridized carbons (Fsp3) is 0.207. The second-order valence-corrected chi connectivity index (χ2v) is 10.6. The number of nitrogens with zero attached hydrogens (tertiary/aromatic N) is 2. The molecule has 38 heavy (non-hydrogen) atoms. The summed E-state index contributed by atoms with van der Waals surface area (Å²) in [5.41, 5.74) is 4.37. The number of hydrogen-bond donors (Lipinski definition) is 3. The van der Waals surface area contributed by atoms with Crippen molar-refractivity contribution in [2.45, 2.75) is 37.3 Å². The van der Waals surface area contributed by atoms with Crippen molar-refractivity contribution in [2.24, 2.45) is 7.05 Å². The van der Waals surface area contributed by atoms with Gasteiger partial charge in [-0.1, -0.05) is 48.9 Å². The summed E-state index contributed by atoms with van der Waals surface area (Å²) < 4.78 is 3.31. The third-order valence-corrected chi connectivity index (χ3v) is 7.71. The van der Waals surface area contributed by atoms with E-state index >= 15 is 0 Å². The molecule has 1 aromatic heterocycles. The number of carbonyl (C=O) groups excluding carboxylic acids is 1. The minimum atomic E-state index is -0.382. The van der Waals surface area contributed by atoms with Crippen molar-refractivity contribution in [3.8, 4) is 5.69 Å². The van der Waals surface area contributed by atoms with Gasteiger partial charge in [0.15, 0.2) is 5.11 Å². The molecule has 0 aliphatic heterocycles. The van der Waals surface area contributed by atoms with E-state index in [1.807, 2.05) is 107 Å². The van der Waals surface area contributed by atoms with Gasteiger partial charge < -0.3 is 16.0 Å². The van der Waals surface area contributed by atoms with Crippen molar-refractivity contribution in [3.05, 3.63) is 100 Å². The third-order valence-electron chi connectivity index (χ3n) is 6.15. The predicted molar refractivity (Wildman–Crippen MR) is 162 cm³/mol. The van der Waals surface area contributed by atoms with Crippen LogP contribution in [0, 0.1) is 13.8 Å². The molecule has 0 fully saturated rings. The van der Waals surface area contributed by atoms with Crippen LogP contribution in [0.2, 0.25) is 0 Å². The van der Waals surface area contributed by atoms with Crippen LogP contribution in [-0.2, 0) is 11.8 Å². The number of amides is 1. The first-order valence-corrected chi connectivity index (χ1v) is 13.6. The molecule has 4 rings (SSSR count). The van der Waals surface area contributed by atoms with Gasteiger partial charge in [-0.2, -0.15) is 0 Å². The van der Waals surface area contributed by atoms with Crippen molar-refractivity contribution in [1.29, 1.82) is 0 Å². The number of thioether (sulfide) groups is 1. The first-order chi connectivity index (χ1) is 18.3. The molecule has 1 heterocycles. The van der Waals surface area contributed by atoms with Crippen molar-refractivity contribution in [2.75, 3.05) is 16.0 Å². The van der Waals surface area contributed by atoms with E-state index in [2.05, 4.69) is 16.0 Å². The fourth-order valence-electron chi connectivity index (χ4n) is 3.98. The largest absolute Gasteiger partial charge is 0.332 e. The van der Waals surface area contributed by atoms with Crippen LogP contribution >= 0.6 is 24.0 Å². The average Bonchev–Trinajstić information content (AvgIpc) is 3.12. The number of hydrogen-bond acceptors (Lipinski definition) is 4. The summed E-state index contributed by atoms with van der Waals surface area (Å²) in [4.78, 5) is 27.4. The number of nitrogens with one attached hydrogen (secondary N) is 3. The van der Waals surface area contributed by atoms with Crippen LogP contribution in [0.25, 0.3) is 5.69 Å². The van der Waals surface area contributed by atoms with Crippen LogP contribution in [0.3, 0.4) is 0 Å². The summed E-state index contributed by atoms with van der Waals surface area (Å²) in [6.45, 7) is 5.82. The lowest BCUT2D eigenvalue weighted by molar-refractivity contribution is -0.115. The summed E-state index contributed by atoms with van der Waals surface area (Å²) in [5, 5.41) is 9.38. The van der Waals surface area contributed by atoms with Gasteiger partial charge in [0.1, 0.15) is 5.69 Å². The molecule has 4 aromatic rings. The molecule has 0 saturated heterocycles. The molecule has 1 atom stereocenters. The molecule has 0 saturated carbocycles. The minimum absolute atomic E-state index is 0.210. The average molecular weight is 546 g/mol. The smallest absolute Gasteiger partial charge is 0.295 e. The Morgan fingerprint density at radius 3 is 2.29 bits per heavy atom. The number of rotatable bonds is 8. The van der Waals surface area contributed by atoms with Crippen molar-refractivity contribution in [3.63, 3.8) is 0 Å². The number of benzene rings is 3. The maximum absolute atomic E-state index is 13.3. The zero-order chi connectivity index (χ0) is 27.2. The number of aryl methyl sites for hydroxylation is 1. The summed E-state index contributed by atoms with van der Waals surface area (Å²) in [5.74, 6) is -0.210. The Kier molecular flexibility index (Phi) is 8.70. The van der Waals surface area contributed by atoms with E-state index in [0.717, 1.165) is 22.0 Å². The van der Waals surface area contributed by atoms with E-state index in [9.17, 15) is 9.59 Å². The Bertz CT molecular complexity index is 1490. The molecule has 1 unspecified atom stereocenters. The Morgan fingerprint density at radius 2 is 1.61 bits per heavy atom. The van der Waals surface area contributed by atoms with Crippen LogP contribution in [0.5, 0.6) is 0 Å². The van der Waals surface area contributed by atoms with E-state index in [0.29, 0.717) is 22.9 Å². The lowest BCUT2D eigenvalue weighted by Crippen LogP contribution is -2.28. The number of anilines is 3. The van der Waals surface area contributed by atoms with E-state index in [1.54, 1.807) is 9.36 Å². The highest BCUT2D eigenvalue weighted by atomic mass is 32.2. The van der Waals surface area contributed by atoms with Crippen LogP contribution < -0.4 is 21.5 Å². The van der Waals surface area contributed by atoms with Crippen LogP contribution in [-0.4, -0.2) is 25.6 Å². The summed E-state index contributed by atoms with van der Waals surface area (Å²) in [7, 11) is 1.81. The van der Waals surface area contributed by atoms with Gasteiger partial charge >= 0.3 is 0 Å². The molecule has 1 amide bonds. The highest BCUT2D eigenvalue weighted by molar-refractivity contribution is 8.00. The summed E-state index contributed by atoms with van der Waals surface area (Å²) in [6.07, 6.45) is 0.598. The SMILES string of the molecule is CCC(Sc1cccc(NC(=S)Nc2ccc(C)cc2)c1)C(=O)Nc1c(C)n(C)n(-c2ccccc2)c1=O. The zero-order valence-electron chi connectivity index (χ0n) is 21.8. The molecule has 7 nitrogen and oxygen atoms in total. The molecule has 0 aliphatic rings. The molecular formula is C29H31N5O2S2. The van der Waals surface area contributed by atoms with Crippen molar-refractivity contribution < 1.29 is 4.79 Å². The molecule has 3 N–H and O–H groups in total. The summed E-state index contributed by atoms with van der Waals surface area (Å²) >= 11 is 6.92. The van der Waals surface area contributed by atoms with Gasteiger partial charge in [-0.3, -0.25) is 14.3 Å². The predicted octanol–water partition coefficient (Wildman–Crippen LogP) is 6.11. The van der Waals surface area contributed by atoms with Gasteiger partial charge in [0.2, 0.25) is 5.91 Å². The van der Waals surface area contributed by atoms with Crippen LogP contribution in [0.15, 0.2) is 88.6 Å². The van der Waals surface area contributed by atoms with Gasteiger partial charge in [0.25, 0.3) is 5.56 Å². The first kappa shape index (κ1) is 27.2. The number of carbonyl (C=O) groups is 1. The first-order valence-electron chi connectivity index (χ1n) is 12.3. The number of aromatic nitrogens is 2. The lowest BCUT2D eigenvalue weighted by Gasteiger charge is -2.16. The molecule has 0 spiro atoms. The normalized spacial score (nSPS) is 11.6. The van der Waals surface area contributed by atoms with Gasteiger partial charge in [-0.05, 0) is 75.0 Å². The van der Waals surface area contributed by atoms with E-state index in [-0.39, 0.29) is 16.7 Å². The lowest BCUT2D eigenvalue weighted by atomic mass is 10.2. The Labute approximate surface area is 232 Å². The monoisotopic (exact) mass is 545 g/mol. The van der Waals surface area contributed by atoms with E-state index in [4.69, 9.17) is 12.2 Å². The van der Waals surface area contributed by atoms with Gasteiger partial charge in [-0.15, -0.1) is 11.8 Å². The molecule has 0 bridgehead atoms. The second kappa shape index (κ2) is 12.1. The molecular weight excluding hydrogens is 514 g/mol. The highest BCUT2D eigenvalue weighted by Crippen LogP contribution is 2.29. The fourth-order valence-corrected chi connectivity index (χ4v) is 5.23. The van der Waals surface area contributed by atoms with Gasteiger partial charge in [-0.25, -0.2) is 4.68 Å². The Morgan fingerprint density at radius 1 is 0.921 bits per heavy atom. The van der Waals surface area contributed by atoms with E-state index < -0.39 is 0 Å². The Balaban J connectivity index is 1.44. The molecule has 196 valence electrons. The van der Waals surface area contributed by atoms with Crippen LogP contribution in [0.1, 0.15) is 24.6 Å². The molecule has 3 aromatic carbocycles. The van der Waals surface area contributed by atoms with E-state index in [1.165, 1.54) is 17.3 Å². The van der Waals surface area contributed by atoms with Crippen molar-refractivity contribution >= 4 is 52.1 Å². The van der Waals surface area contributed by atoms with Gasteiger partial charge in [0.05, 0.1) is 16.6 Å². The summed E-state index contributed by atoms with van der Waals surface area (Å²) in [6, 6.07) is 25.1. The molecule has 0 radical (unpaired) electrons. The minimum Gasteiger partial charge on any atom is -0.332 e. The van der Waals surface area contributed by atoms with Crippen LogP contribution in [0.4, 0.5) is 17.1 Å². The van der Waals surface area contributed by atoms with Crippen molar-refractivity contribution in [1.82, 2.24) is 9.36 Å². The Hall–Kier alpha value is -3.82. The maximum Gasteiger partial charge on any atom is 0.295 e. The highest BCUT2D eigenvalue weighted by Gasteiger charge is 2.23. The van der Waals surface area contributed by atoms with Gasteiger partial charge in [0, 0.05) is 23.3 Å². The topological polar surface area (TPSA) is 80.1 Å². The standard InChI is InChI=1S/C29H31N5O2S2/c1-5-25(27(35)32-26-20(3)33(4)34(28(26)36)23-11-7-6-8-12-23)38-24-13-9-10-22(18-24)31-29(37)30-21-16-14-19(2)15-17-21/h6-18,25H,5H2,1-4H3,(H,32,35)(H2,30,31,37). The quantitative estimate of drug-likeness (QED) is 0.183. The third kappa shape index (κ3) is 6.35. The zero-order valence-corrected chi connectivity index (χ0v) is 23.5. The second-order valence-electron chi connectivity index (χ2n) is 8.91.